The van der Waals surface area contributed by atoms with Gasteiger partial charge in [0.1, 0.15) is 5.75 Å². The number of hydrogen-bond donors (Lipinski definition) is 0. The lowest BCUT2D eigenvalue weighted by Gasteiger charge is -2.09. The standard InChI is InChI=1S/C10H13BrO2/c1-7-4-9(11)10(5-8(7)2)13-6-12-3/h4-5H,6H2,1-3H3. The zero-order chi connectivity index (χ0) is 9.84. The molecule has 0 aliphatic rings. The maximum Gasteiger partial charge on any atom is 0.188 e. The van der Waals surface area contributed by atoms with Gasteiger partial charge in [0.2, 0.25) is 0 Å². The van der Waals surface area contributed by atoms with E-state index in [1.807, 2.05) is 12.1 Å². The van der Waals surface area contributed by atoms with Gasteiger partial charge in [-0.25, -0.2) is 0 Å². The molecule has 72 valence electrons. The molecular formula is C10H13BrO2. The van der Waals surface area contributed by atoms with Gasteiger partial charge in [0.25, 0.3) is 0 Å². The van der Waals surface area contributed by atoms with E-state index >= 15 is 0 Å². The number of rotatable bonds is 3. The van der Waals surface area contributed by atoms with Gasteiger partial charge in [0.15, 0.2) is 6.79 Å². The van der Waals surface area contributed by atoms with E-state index in [2.05, 4.69) is 29.8 Å². The first-order chi connectivity index (χ1) is 6.15. The number of benzene rings is 1. The van der Waals surface area contributed by atoms with Gasteiger partial charge in [-0.15, -0.1) is 0 Å². The lowest BCUT2D eigenvalue weighted by atomic mass is 10.1. The van der Waals surface area contributed by atoms with Gasteiger partial charge in [-0.3, -0.25) is 0 Å². The van der Waals surface area contributed by atoms with Crippen LogP contribution in [0.25, 0.3) is 0 Å². The van der Waals surface area contributed by atoms with Gasteiger partial charge in [0, 0.05) is 7.11 Å². The van der Waals surface area contributed by atoms with Crippen LogP contribution in [0.4, 0.5) is 0 Å². The van der Waals surface area contributed by atoms with E-state index in [-0.39, 0.29) is 6.79 Å². The predicted octanol–water partition coefficient (Wildman–Crippen LogP) is 3.05. The fourth-order valence-electron chi connectivity index (χ4n) is 0.987. The highest BCUT2D eigenvalue weighted by Gasteiger charge is 2.03. The second-order valence-corrected chi connectivity index (χ2v) is 3.77. The molecule has 0 bridgehead atoms. The second kappa shape index (κ2) is 4.63. The zero-order valence-corrected chi connectivity index (χ0v) is 9.64. The number of halogens is 1. The van der Waals surface area contributed by atoms with Crippen molar-refractivity contribution >= 4 is 15.9 Å². The van der Waals surface area contributed by atoms with Crippen molar-refractivity contribution in [2.24, 2.45) is 0 Å². The van der Waals surface area contributed by atoms with E-state index in [9.17, 15) is 0 Å². The Balaban J connectivity index is 2.88. The van der Waals surface area contributed by atoms with Crippen LogP contribution in [0.5, 0.6) is 5.75 Å². The Morgan fingerprint density at radius 2 is 1.85 bits per heavy atom. The third-order valence-corrected chi connectivity index (χ3v) is 2.50. The molecule has 1 aromatic rings. The Hall–Kier alpha value is -0.540. The average molecular weight is 245 g/mol. The quantitative estimate of drug-likeness (QED) is 0.762. The van der Waals surface area contributed by atoms with E-state index in [0.29, 0.717) is 0 Å². The summed E-state index contributed by atoms with van der Waals surface area (Å²) in [6.07, 6.45) is 0. The van der Waals surface area contributed by atoms with Crippen molar-refractivity contribution in [3.63, 3.8) is 0 Å². The summed E-state index contributed by atoms with van der Waals surface area (Å²) >= 11 is 3.43. The normalized spacial score (nSPS) is 10.2. The molecule has 2 nitrogen and oxygen atoms in total. The molecule has 0 unspecified atom stereocenters. The van der Waals surface area contributed by atoms with E-state index in [0.717, 1.165) is 10.2 Å². The summed E-state index contributed by atoms with van der Waals surface area (Å²) in [5.41, 5.74) is 2.46. The van der Waals surface area contributed by atoms with Crippen LogP contribution in [0, 0.1) is 13.8 Å². The molecule has 0 saturated carbocycles. The summed E-state index contributed by atoms with van der Waals surface area (Å²) in [5, 5.41) is 0. The summed E-state index contributed by atoms with van der Waals surface area (Å²) in [7, 11) is 1.61. The van der Waals surface area contributed by atoms with Crippen molar-refractivity contribution in [3.8, 4) is 5.75 Å². The highest BCUT2D eigenvalue weighted by Crippen LogP contribution is 2.28. The molecule has 0 spiro atoms. The van der Waals surface area contributed by atoms with Crippen molar-refractivity contribution in [1.82, 2.24) is 0 Å². The molecule has 0 heterocycles. The van der Waals surface area contributed by atoms with Gasteiger partial charge in [-0.05, 0) is 53.0 Å². The van der Waals surface area contributed by atoms with E-state index in [4.69, 9.17) is 9.47 Å². The third-order valence-electron chi connectivity index (χ3n) is 1.88. The lowest BCUT2D eigenvalue weighted by molar-refractivity contribution is 0.0505. The topological polar surface area (TPSA) is 18.5 Å². The fourth-order valence-corrected chi connectivity index (χ4v) is 1.56. The minimum Gasteiger partial charge on any atom is -0.466 e. The van der Waals surface area contributed by atoms with E-state index < -0.39 is 0 Å². The molecule has 0 saturated heterocycles. The molecule has 0 aliphatic carbocycles. The van der Waals surface area contributed by atoms with Crippen LogP contribution in [0.2, 0.25) is 0 Å². The minimum absolute atomic E-state index is 0.279. The molecule has 3 heteroatoms. The summed E-state index contributed by atoms with van der Waals surface area (Å²) in [6.45, 7) is 4.41. The number of ether oxygens (including phenoxy) is 2. The molecule has 0 aliphatic heterocycles. The lowest BCUT2D eigenvalue weighted by Crippen LogP contribution is -2.00. The smallest absolute Gasteiger partial charge is 0.188 e. The minimum atomic E-state index is 0.279. The Kier molecular flexibility index (Phi) is 3.75. The third kappa shape index (κ3) is 2.71. The van der Waals surface area contributed by atoms with Crippen molar-refractivity contribution in [3.05, 3.63) is 27.7 Å². The van der Waals surface area contributed by atoms with Crippen LogP contribution in [0.3, 0.4) is 0 Å². The largest absolute Gasteiger partial charge is 0.466 e. The molecule has 1 aromatic carbocycles. The molecule has 0 amide bonds. The van der Waals surface area contributed by atoms with Gasteiger partial charge >= 0.3 is 0 Å². The van der Waals surface area contributed by atoms with Gasteiger partial charge in [0.05, 0.1) is 4.47 Å². The first-order valence-corrected chi connectivity index (χ1v) is 4.83. The van der Waals surface area contributed by atoms with Crippen molar-refractivity contribution in [2.75, 3.05) is 13.9 Å². The van der Waals surface area contributed by atoms with Crippen LogP contribution >= 0.6 is 15.9 Å². The number of methoxy groups -OCH3 is 1. The average Bonchev–Trinajstić information content (AvgIpc) is 2.09. The SMILES string of the molecule is COCOc1cc(C)c(C)cc1Br. The summed E-state index contributed by atoms with van der Waals surface area (Å²) in [5.74, 6) is 0.824. The van der Waals surface area contributed by atoms with Gasteiger partial charge in [-0.1, -0.05) is 0 Å². The first kappa shape index (κ1) is 10.5. The Morgan fingerprint density at radius 3 is 2.46 bits per heavy atom. The second-order valence-electron chi connectivity index (χ2n) is 2.92. The highest BCUT2D eigenvalue weighted by molar-refractivity contribution is 9.10. The Bertz CT molecular complexity index is 297. The summed E-state index contributed by atoms with van der Waals surface area (Å²) in [4.78, 5) is 0. The highest BCUT2D eigenvalue weighted by atomic mass is 79.9. The van der Waals surface area contributed by atoms with Crippen molar-refractivity contribution in [1.29, 1.82) is 0 Å². The Labute approximate surface area is 87.0 Å². The predicted molar refractivity (Wildman–Crippen MR) is 56.1 cm³/mol. The molecular weight excluding hydrogens is 232 g/mol. The number of hydrogen-bond acceptors (Lipinski definition) is 2. The monoisotopic (exact) mass is 244 g/mol. The van der Waals surface area contributed by atoms with Crippen LogP contribution < -0.4 is 4.74 Å². The molecule has 0 radical (unpaired) electrons. The van der Waals surface area contributed by atoms with Crippen LogP contribution in [0.1, 0.15) is 11.1 Å². The maximum absolute atomic E-state index is 5.35. The molecule has 13 heavy (non-hydrogen) atoms. The van der Waals surface area contributed by atoms with Crippen LogP contribution in [-0.2, 0) is 4.74 Å². The van der Waals surface area contributed by atoms with E-state index in [1.54, 1.807) is 7.11 Å². The molecule has 1 rings (SSSR count). The van der Waals surface area contributed by atoms with Gasteiger partial charge in [-0.2, -0.15) is 0 Å². The van der Waals surface area contributed by atoms with Gasteiger partial charge < -0.3 is 9.47 Å². The zero-order valence-electron chi connectivity index (χ0n) is 8.06. The molecule has 0 atom stereocenters. The fraction of sp³-hybridized carbons (Fsp3) is 0.400. The van der Waals surface area contributed by atoms with Crippen molar-refractivity contribution < 1.29 is 9.47 Å². The summed E-state index contributed by atoms with van der Waals surface area (Å²) in [6, 6.07) is 4.04. The Morgan fingerprint density at radius 1 is 1.23 bits per heavy atom. The summed E-state index contributed by atoms with van der Waals surface area (Å²) < 4.78 is 11.1. The van der Waals surface area contributed by atoms with Crippen molar-refractivity contribution in [2.45, 2.75) is 13.8 Å². The molecule has 0 N–H and O–H groups in total. The van der Waals surface area contributed by atoms with Crippen LogP contribution in [-0.4, -0.2) is 13.9 Å². The first-order valence-electron chi connectivity index (χ1n) is 4.03. The maximum atomic E-state index is 5.35. The molecule has 0 fully saturated rings. The number of aryl methyl sites for hydroxylation is 2. The van der Waals surface area contributed by atoms with E-state index in [1.165, 1.54) is 11.1 Å². The van der Waals surface area contributed by atoms with Crippen LogP contribution in [0.15, 0.2) is 16.6 Å². The molecule has 0 aromatic heterocycles.